The van der Waals surface area contributed by atoms with Crippen LogP contribution in [0.2, 0.25) is 0 Å². The number of rotatable bonds is 4. The van der Waals surface area contributed by atoms with Gasteiger partial charge in [-0.1, -0.05) is 18.1 Å². The number of fused-ring (bicyclic) bond motifs is 1. The maximum atomic E-state index is 12.9. The highest BCUT2D eigenvalue weighted by Gasteiger charge is 2.59. The van der Waals surface area contributed by atoms with Crippen LogP contribution in [-0.4, -0.2) is 51.5 Å². The highest BCUT2D eigenvalue weighted by molar-refractivity contribution is 7.87. The van der Waals surface area contributed by atoms with Crippen molar-refractivity contribution in [3.05, 3.63) is 47.9 Å². The first kappa shape index (κ1) is 20.9. The Morgan fingerprint density at radius 3 is 2.76 bits per heavy atom. The molecule has 0 radical (unpaired) electrons. The van der Waals surface area contributed by atoms with E-state index in [4.69, 9.17) is 4.52 Å². The van der Waals surface area contributed by atoms with Crippen molar-refractivity contribution in [2.24, 2.45) is 11.8 Å². The smallest absolute Gasteiger partial charge is 0.280 e. The molecule has 3 aliphatic rings. The molecular weight excluding hydrogens is 440 g/mol. The molecule has 10 heteroatoms. The largest absolute Gasteiger partial charge is 0.334 e. The molecule has 1 N–H and O–H groups in total. The van der Waals surface area contributed by atoms with E-state index in [1.54, 1.807) is 22.9 Å². The molecule has 3 heterocycles. The van der Waals surface area contributed by atoms with Crippen LogP contribution >= 0.6 is 0 Å². The van der Waals surface area contributed by atoms with Crippen molar-refractivity contribution in [1.29, 1.82) is 0 Å². The summed E-state index contributed by atoms with van der Waals surface area (Å²) in [5.74, 6) is 1.42. The highest BCUT2D eigenvalue weighted by atomic mass is 32.2. The van der Waals surface area contributed by atoms with Gasteiger partial charge in [-0.3, -0.25) is 4.98 Å². The van der Waals surface area contributed by atoms with Crippen molar-refractivity contribution in [3.8, 4) is 23.0 Å². The molecule has 33 heavy (non-hydrogen) atoms. The molecule has 2 aliphatic carbocycles. The van der Waals surface area contributed by atoms with Gasteiger partial charge in [0.15, 0.2) is 0 Å². The third-order valence-corrected chi connectivity index (χ3v) is 9.12. The number of hydrogen-bond donors (Lipinski definition) is 1. The van der Waals surface area contributed by atoms with Gasteiger partial charge in [0.25, 0.3) is 16.1 Å². The van der Waals surface area contributed by atoms with E-state index in [2.05, 4.69) is 37.0 Å². The van der Waals surface area contributed by atoms with Crippen LogP contribution in [0.25, 0.3) is 23.0 Å². The molecule has 9 nitrogen and oxygen atoms in total. The zero-order valence-corrected chi connectivity index (χ0v) is 19.3. The molecule has 3 atom stereocenters. The van der Waals surface area contributed by atoms with Gasteiger partial charge in [0.1, 0.15) is 5.69 Å². The molecule has 6 rings (SSSR count). The average Bonchev–Trinajstić information content (AvgIpc) is 3.45. The van der Waals surface area contributed by atoms with Crippen LogP contribution in [0.5, 0.6) is 0 Å². The average molecular weight is 467 g/mol. The minimum atomic E-state index is -3.42. The molecule has 0 unspecified atom stereocenters. The number of hydrogen-bond acceptors (Lipinski definition) is 7. The Hall–Kier alpha value is -2.69. The molecule has 1 aromatic carbocycles. The minimum absolute atomic E-state index is 0.272. The van der Waals surface area contributed by atoms with Crippen LogP contribution in [0.15, 0.2) is 41.3 Å². The molecular formula is C23H26N6O3S. The van der Waals surface area contributed by atoms with Crippen LogP contribution < -0.4 is 4.72 Å². The van der Waals surface area contributed by atoms with Crippen molar-refractivity contribution >= 4 is 10.2 Å². The molecule has 3 aromatic rings. The van der Waals surface area contributed by atoms with Crippen LogP contribution in [0.4, 0.5) is 0 Å². The van der Waals surface area contributed by atoms with E-state index in [-0.39, 0.29) is 11.5 Å². The monoisotopic (exact) mass is 466 g/mol. The van der Waals surface area contributed by atoms with Gasteiger partial charge in [0.2, 0.25) is 5.82 Å². The highest BCUT2D eigenvalue weighted by Crippen LogP contribution is 2.50. The second-order valence-corrected chi connectivity index (χ2v) is 11.0. The Morgan fingerprint density at radius 2 is 2.00 bits per heavy atom. The quantitative estimate of drug-likeness (QED) is 0.629. The van der Waals surface area contributed by atoms with Crippen molar-refractivity contribution in [3.63, 3.8) is 0 Å². The summed E-state index contributed by atoms with van der Waals surface area (Å²) in [6.07, 6.45) is 9.42. The van der Waals surface area contributed by atoms with Crippen LogP contribution in [-0.2, 0) is 23.1 Å². The normalized spacial score (nSPS) is 28.2. The molecule has 0 amide bonds. The zero-order valence-electron chi connectivity index (χ0n) is 18.4. The zero-order chi connectivity index (χ0) is 22.6. The van der Waals surface area contributed by atoms with Gasteiger partial charge in [0.05, 0.1) is 11.7 Å². The summed E-state index contributed by atoms with van der Waals surface area (Å²) < 4.78 is 36.0. The van der Waals surface area contributed by atoms with Gasteiger partial charge in [0, 0.05) is 31.0 Å². The lowest BCUT2D eigenvalue weighted by Gasteiger charge is -2.33. The third-order valence-electron chi connectivity index (χ3n) is 7.49. The maximum absolute atomic E-state index is 12.9. The van der Waals surface area contributed by atoms with E-state index in [9.17, 15) is 8.42 Å². The predicted octanol–water partition coefficient (Wildman–Crippen LogP) is 2.62. The van der Waals surface area contributed by atoms with Crippen LogP contribution in [0.1, 0.15) is 37.3 Å². The van der Waals surface area contributed by atoms with Gasteiger partial charge in [-0.25, -0.2) is 4.98 Å². The van der Waals surface area contributed by atoms with Gasteiger partial charge in [-0.2, -0.15) is 22.4 Å². The minimum Gasteiger partial charge on any atom is -0.334 e. The molecule has 1 saturated heterocycles. The van der Waals surface area contributed by atoms with Gasteiger partial charge in [-0.05, 0) is 67.2 Å². The van der Waals surface area contributed by atoms with E-state index in [1.165, 1.54) is 11.1 Å². The SMILES string of the molecule is CCCN1C[C@]2(NS1(=O)=O)[C@@H]1CC[C@H]2Cc2ccc(-c3nc(-c4cnccn4)no3)cc2C1. The molecule has 2 aromatic heterocycles. The second-order valence-electron chi connectivity index (χ2n) is 9.36. The van der Waals surface area contributed by atoms with Crippen molar-refractivity contribution in [2.75, 3.05) is 13.1 Å². The first-order valence-corrected chi connectivity index (χ1v) is 12.9. The van der Waals surface area contributed by atoms with Crippen LogP contribution in [0, 0.1) is 11.8 Å². The topological polar surface area (TPSA) is 114 Å². The standard InChI is InChI=1S/C23H26N6O3S/c1-2-9-29-14-23(28-33(29,30)31)18-5-6-19(23)12-17-10-16(4-3-15(17)11-18)22-26-21(27-32-22)20-13-24-7-8-25-20/h3-4,7-8,10,13,18-19,28H,2,5-6,9,11-12,14H2,1H3/t18-,19+,23+/m0/s1. The first-order chi connectivity index (χ1) is 16.0. The van der Waals surface area contributed by atoms with E-state index < -0.39 is 10.2 Å². The summed E-state index contributed by atoms with van der Waals surface area (Å²) in [6.45, 7) is 3.16. The van der Waals surface area contributed by atoms with Crippen molar-refractivity contribution in [1.82, 2.24) is 29.1 Å². The summed E-state index contributed by atoms with van der Waals surface area (Å²) in [5, 5.41) is 4.06. The Morgan fingerprint density at radius 1 is 1.18 bits per heavy atom. The first-order valence-electron chi connectivity index (χ1n) is 11.5. The molecule has 1 saturated carbocycles. The van der Waals surface area contributed by atoms with E-state index in [0.717, 1.165) is 37.7 Å². The van der Waals surface area contributed by atoms with Gasteiger partial charge < -0.3 is 4.52 Å². The Kier molecular flexibility index (Phi) is 4.86. The fraction of sp³-hybridized carbons (Fsp3) is 0.478. The summed E-state index contributed by atoms with van der Waals surface area (Å²) >= 11 is 0. The van der Waals surface area contributed by atoms with E-state index in [1.807, 2.05) is 13.0 Å². The summed E-state index contributed by atoms with van der Waals surface area (Å²) in [5.41, 5.74) is 3.57. The lowest BCUT2D eigenvalue weighted by atomic mass is 9.79. The van der Waals surface area contributed by atoms with Crippen molar-refractivity contribution < 1.29 is 12.9 Å². The fourth-order valence-electron chi connectivity index (χ4n) is 5.94. The summed E-state index contributed by atoms with van der Waals surface area (Å²) in [7, 11) is -3.42. The second kappa shape index (κ2) is 7.68. The number of aromatic nitrogens is 4. The van der Waals surface area contributed by atoms with E-state index in [0.29, 0.717) is 36.4 Å². The molecule has 2 bridgehead atoms. The lowest BCUT2D eigenvalue weighted by Crippen LogP contribution is -2.52. The Labute approximate surface area is 192 Å². The molecule has 1 spiro atoms. The lowest BCUT2D eigenvalue weighted by molar-refractivity contribution is 0.213. The van der Waals surface area contributed by atoms with Crippen LogP contribution in [0.3, 0.4) is 0 Å². The molecule has 172 valence electrons. The number of nitrogens with one attached hydrogen (secondary N) is 1. The summed E-state index contributed by atoms with van der Waals surface area (Å²) in [6, 6.07) is 6.28. The van der Waals surface area contributed by atoms with Crippen molar-refractivity contribution in [2.45, 2.75) is 44.6 Å². The number of benzene rings is 1. The predicted molar refractivity (Wildman–Crippen MR) is 121 cm³/mol. The Balaban J connectivity index is 1.31. The van der Waals surface area contributed by atoms with Gasteiger partial charge in [-0.15, -0.1) is 0 Å². The van der Waals surface area contributed by atoms with Gasteiger partial charge >= 0.3 is 0 Å². The maximum Gasteiger partial charge on any atom is 0.280 e. The number of nitrogens with zero attached hydrogens (tertiary/aromatic N) is 5. The van der Waals surface area contributed by atoms with E-state index >= 15 is 0 Å². The fourth-order valence-corrected chi connectivity index (χ4v) is 7.76. The molecule has 1 aliphatic heterocycles. The Bertz CT molecular complexity index is 1290. The molecule has 2 fully saturated rings. The third kappa shape index (κ3) is 3.39. The summed E-state index contributed by atoms with van der Waals surface area (Å²) in [4.78, 5) is 12.8.